The Balaban J connectivity index is 2.59. The number of hydrogen-bond donors (Lipinski definition) is 1. The van der Waals surface area contributed by atoms with E-state index < -0.39 is 0 Å². The first-order chi connectivity index (χ1) is 11.1. The molecule has 0 spiro atoms. The second-order valence-corrected chi connectivity index (χ2v) is 5.58. The highest BCUT2D eigenvalue weighted by atomic mass is 16.5. The molecule has 0 aliphatic carbocycles. The Labute approximate surface area is 140 Å². The Morgan fingerprint density at radius 3 is 2.48 bits per heavy atom. The lowest BCUT2D eigenvalue weighted by atomic mass is 10.1. The number of ether oxygens (including phenoxy) is 2. The molecule has 0 fully saturated rings. The number of methoxy groups -OCH3 is 2. The maximum absolute atomic E-state index is 12.5. The average molecular weight is 322 g/mol. The maximum atomic E-state index is 12.5. The van der Waals surface area contributed by atoms with Gasteiger partial charge in [0.05, 0.1) is 19.8 Å². The number of carbonyl (C=O) groups excluding carboxylic acids is 1. The van der Waals surface area contributed by atoms with Gasteiger partial charge in [-0.05, 0) is 51.5 Å². The minimum atomic E-state index is -0.129. The van der Waals surface area contributed by atoms with Crippen LogP contribution in [0.15, 0.2) is 18.2 Å². The van der Waals surface area contributed by atoms with Crippen molar-refractivity contribution in [3.05, 3.63) is 23.8 Å². The van der Waals surface area contributed by atoms with E-state index in [2.05, 4.69) is 24.1 Å². The van der Waals surface area contributed by atoms with Crippen LogP contribution in [0.3, 0.4) is 0 Å². The zero-order valence-corrected chi connectivity index (χ0v) is 15.0. The lowest BCUT2D eigenvalue weighted by Crippen LogP contribution is -2.34. The highest BCUT2D eigenvalue weighted by Crippen LogP contribution is 2.30. The molecule has 5 nitrogen and oxygen atoms in total. The van der Waals surface area contributed by atoms with Crippen LogP contribution in [0.25, 0.3) is 0 Å². The molecule has 23 heavy (non-hydrogen) atoms. The normalized spacial score (nSPS) is 12.1. The summed E-state index contributed by atoms with van der Waals surface area (Å²) in [5, 5.41) is 3.04. The zero-order chi connectivity index (χ0) is 17.2. The summed E-state index contributed by atoms with van der Waals surface area (Å²) in [6, 6.07) is 5.44. The monoisotopic (exact) mass is 322 g/mol. The Morgan fingerprint density at radius 1 is 1.22 bits per heavy atom. The van der Waals surface area contributed by atoms with E-state index in [4.69, 9.17) is 9.47 Å². The van der Waals surface area contributed by atoms with Gasteiger partial charge in [0.15, 0.2) is 11.5 Å². The van der Waals surface area contributed by atoms with E-state index in [0.717, 1.165) is 32.5 Å². The zero-order valence-electron chi connectivity index (χ0n) is 15.0. The molecule has 0 saturated carbocycles. The van der Waals surface area contributed by atoms with Crippen LogP contribution in [-0.2, 0) is 0 Å². The van der Waals surface area contributed by atoms with Gasteiger partial charge < -0.3 is 19.7 Å². The van der Waals surface area contributed by atoms with Crippen molar-refractivity contribution in [3.8, 4) is 11.5 Å². The Hall–Kier alpha value is -1.75. The van der Waals surface area contributed by atoms with Crippen LogP contribution in [0, 0.1) is 0 Å². The topological polar surface area (TPSA) is 50.8 Å². The summed E-state index contributed by atoms with van der Waals surface area (Å²) in [5.74, 6) is 0.910. The van der Waals surface area contributed by atoms with E-state index in [0.29, 0.717) is 17.1 Å². The minimum absolute atomic E-state index is 0.119. The third kappa shape index (κ3) is 5.75. The number of para-hydroxylation sites is 1. The maximum Gasteiger partial charge on any atom is 0.255 e. The molecule has 1 N–H and O–H groups in total. The lowest BCUT2D eigenvalue weighted by Gasteiger charge is -2.20. The number of rotatable bonds is 10. The van der Waals surface area contributed by atoms with Gasteiger partial charge in [-0.15, -0.1) is 0 Å². The van der Waals surface area contributed by atoms with Crippen LogP contribution < -0.4 is 14.8 Å². The fourth-order valence-corrected chi connectivity index (χ4v) is 2.60. The van der Waals surface area contributed by atoms with E-state index in [-0.39, 0.29) is 11.9 Å². The SMILES string of the molecule is CCN(CC)CCC[C@H](C)NC(=O)c1cccc(OC)c1OC. The molecule has 0 heterocycles. The highest BCUT2D eigenvalue weighted by Gasteiger charge is 2.17. The summed E-state index contributed by atoms with van der Waals surface area (Å²) in [7, 11) is 3.11. The summed E-state index contributed by atoms with van der Waals surface area (Å²) in [6.07, 6.45) is 2.02. The fraction of sp³-hybridized carbons (Fsp3) is 0.611. The van der Waals surface area contributed by atoms with Crippen LogP contribution in [0.2, 0.25) is 0 Å². The second-order valence-electron chi connectivity index (χ2n) is 5.58. The molecule has 5 heteroatoms. The van der Waals surface area contributed by atoms with Crippen molar-refractivity contribution in [2.75, 3.05) is 33.9 Å². The van der Waals surface area contributed by atoms with Crippen molar-refractivity contribution in [2.45, 2.75) is 39.7 Å². The Morgan fingerprint density at radius 2 is 1.91 bits per heavy atom. The van der Waals surface area contributed by atoms with Crippen molar-refractivity contribution in [3.63, 3.8) is 0 Å². The Kier molecular flexibility index (Phi) is 8.48. The standard InChI is InChI=1S/C18H30N2O3/c1-6-20(7-2)13-9-10-14(3)19-18(21)15-11-8-12-16(22-4)17(15)23-5/h8,11-12,14H,6-7,9-10,13H2,1-5H3,(H,19,21)/t14-/m0/s1. The first-order valence-corrected chi connectivity index (χ1v) is 8.31. The number of hydrogen-bond acceptors (Lipinski definition) is 4. The molecule has 1 aromatic rings. The van der Waals surface area contributed by atoms with E-state index in [1.165, 1.54) is 0 Å². The predicted molar refractivity (Wildman–Crippen MR) is 93.5 cm³/mol. The van der Waals surface area contributed by atoms with Crippen molar-refractivity contribution in [1.82, 2.24) is 10.2 Å². The third-order valence-corrected chi connectivity index (χ3v) is 4.03. The second kappa shape index (κ2) is 10.1. The van der Waals surface area contributed by atoms with Gasteiger partial charge in [-0.1, -0.05) is 19.9 Å². The smallest absolute Gasteiger partial charge is 0.255 e. The summed E-state index contributed by atoms with van der Waals surface area (Å²) in [6.45, 7) is 9.58. The molecule has 0 aliphatic rings. The van der Waals surface area contributed by atoms with E-state index in [1.807, 2.05) is 6.92 Å². The minimum Gasteiger partial charge on any atom is -0.493 e. The molecule has 0 unspecified atom stereocenters. The van der Waals surface area contributed by atoms with Gasteiger partial charge in [0.1, 0.15) is 0 Å². The number of amides is 1. The van der Waals surface area contributed by atoms with Crippen molar-refractivity contribution >= 4 is 5.91 Å². The number of benzene rings is 1. The van der Waals surface area contributed by atoms with Gasteiger partial charge in [-0.3, -0.25) is 4.79 Å². The molecule has 0 aromatic heterocycles. The van der Waals surface area contributed by atoms with Crippen LogP contribution in [-0.4, -0.2) is 50.7 Å². The molecule has 1 rings (SSSR count). The van der Waals surface area contributed by atoms with E-state index in [1.54, 1.807) is 32.4 Å². The van der Waals surface area contributed by atoms with Gasteiger partial charge in [-0.25, -0.2) is 0 Å². The first kappa shape index (κ1) is 19.3. The molecular weight excluding hydrogens is 292 g/mol. The fourth-order valence-electron chi connectivity index (χ4n) is 2.60. The van der Waals surface area contributed by atoms with Gasteiger partial charge in [0.2, 0.25) is 0 Å². The molecule has 0 saturated heterocycles. The van der Waals surface area contributed by atoms with E-state index in [9.17, 15) is 4.79 Å². The average Bonchev–Trinajstić information content (AvgIpc) is 2.57. The first-order valence-electron chi connectivity index (χ1n) is 8.31. The number of nitrogens with zero attached hydrogens (tertiary/aromatic N) is 1. The van der Waals surface area contributed by atoms with E-state index >= 15 is 0 Å². The van der Waals surface area contributed by atoms with Crippen molar-refractivity contribution < 1.29 is 14.3 Å². The predicted octanol–water partition coefficient (Wildman–Crippen LogP) is 2.94. The van der Waals surface area contributed by atoms with Crippen LogP contribution in [0.5, 0.6) is 11.5 Å². The van der Waals surface area contributed by atoms with Crippen LogP contribution >= 0.6 is 0 Å². The van der Waals surface area contributed by atoms with Crippen LogP contribution in [0.1, 0.15) is 44.0 Å². The third-order valence-electron chi connectivity index (χ3n) is 4.03. The molecule has 130 valence electrons. The largest absolute Gasteiger partial charge is 0.493 e. The molecule has 0 bridgehead atoms. The molecule has 1 amide bonds. The summed E-state index contributed by atoms with van der Waals surface area (Å²) < 4.78 is 10.6. The van der Waals surface area contributed by atoms with Crippen LogP contribution in [0.4, 0.5) is 0 Å². The van der Waals surface area contributed by atoms with Crippen molar-refractivity contribution in [2.24, 2.45) is 0 Å². The molecule has 1 aromatic carbocycles. The summed E-state index contributed by atoms with van der Waals surface area (Å²) in [5.41, 5.74) is 0.502. The molecule has 0 aliphatic heterocycles. The Bertz CT molecular complexity index is 487. The summed E-state index contributed by atoms with van der Waals surface area (Å²) >= 11 is 0. The lowest BCUT2D eigenvalue weighted by molar-refractivity contribution is 0.0933. The van der Waals surface area contributed by atoms with Gasteiger partial charge in [-0.2, -0.15) is 0 Å². The van der Waals surface area contributed by atoms with Gasteiger partial charge in [0.25, 0.3) is 5.91 Å². The number of nitrogens with one attached hydrogen (secondary N) is 1. The van der Waals surface area contributed by atoms with Gasteiger partial charge >= 0.3 is 0 Å². The van der Waals surface area contributed by atoms with Gasteiger partial charge in [0, 0.05) is 6.04 Å². The molecule has 1 atom stereocenters. The molecular formula is C18H30N2O3. The summed E-state index contributed by atoms with van der Waals surface area (Å²) in [4.78, 5) is 14.8. The molecule has 0 radical (unpaired) electrons. The van der Waals surface area contributed by atoms with Crippen molar-refractivity contribution in [1.29, 1.82) is 0 Å². The highest BCUT2D eigenvalue weighted by molar-refractivity contribution is 5.97. The quantitative estimate of drug-likeness (QED) is 0.719. The number of carbonyl (C=O) groups is 1.